The molecule has 0 nitrogen and oxygen atoms in total. The van der Waals surface area contributed by atoms with E-state index in [0.717, 1.165) is 0 Å². The van der Waals surface area contributed by atoms with Crippen LogP contribution in [-0.2, 0) is 32.7 Å². The van der Waals surface area contributed by atoms with Crippen molar-refractivity contribution in [3.8, 4) is 0 Å². The molecular formula is C30H38Y-2. The predicted octanol–water partition coefficient (Wildman–Crippen LogP) is 8.82. The third-order valence-corrected chi connectivity index (χ3v) is 8.13. The average Bonchev–Trinajstić information content (AvgIpc) is 3.18. The van der Waals surface area contributed by atoms with Crippen LogP contribution >= 0.6 is 0 Å². The molecule has 0 aliphatic heterocycles. The second-order valence-corrected chi connectivity index (χ2v) is 9.48. The van der Waals surface area contributed by atoms with E-state index in [4.69, 9.17) is 0 Å². The van der Waals surface area contributed by atoms with Gasteiger partial charge in [0, 0.05) is 32.7 Å². The van der Waals surface area contributed by atoms with Crippen molar-refractivity contribution in [1.82, 2.24) is 0 Å². The molecule has 1 radical (unpaired) electrons. The third-order valence-electron chi connectivity index (χ3n) is 8.13. The SMILES string of the molecule is Cc1[cH-]c2c(C)c(C)c(C)c(C)c2c1C.Cc1[cH-]c2c(C)c(C)c(C)c(C)c2c1C.[Y]. The van der Waals surface area contributed by atoms with Crippen LogP contribution in [0.5, 0.6) is 0 Å². The number of hydrogen-bond acceptors (Lipinski definition) is 0. The molecule has 0 amide bonds. The Morgan fingerprint density at radius 3 is 0.871 bits per heavy atom. The van der Waals surface area contributed by atoms with Crippen molar-refractivity contribution in [3.05, 3.63) is 78.9 Å². The largest absolute Gasteiger partial charge is 0.153 e. The Hall–Kier alpha value is -1.24. The first-order valence-corrected chi connectivity index (χ1v) is 11.2. The summed E-state index contributed by atoms with van der Waals surface area (Å²) in [4.78, 5) is 0. The van der Waals surface area contributed by atoms with E-state index >= 15 is 0 Å². The molecule has 0 saturated heterocycles. The Bertz CT molecular complexity index is 1190. The molecule has 31 heavy (non-hydrogen) atoms. The predicted molar refractivity (Wildman–Crippen MR) is 136 cm³/mol. The zero-order chi connectivity index (χ0) is 22.7. The molecule has 0 saturated carbocycles. The van der Waals surface area contributed by atoms with Gasteiger partial charge < -0.3 is 0 Å². The first kappa shape index (κ1) is 26.0. The number of rotatable bonds is 0. The van der Waals surface area contributed by atoms with Crippen LogP contribution in [0, 0.1) is 83.1 Å². The van der Waals surface area contributed by atoms with Crippen LogP contribution in [0.2, 0.25) is 0 Å². The van der Waals surface area contributed by atoms with Crippen molar-refractivity contribution >= 4 is 21.5 Å². The van der Waals surface area contributed by atoms with Gasteiger partial charge in [-0.25, -0.2) is 0 Å². The van der Waals surface area contributed by atoms with Gasteiger partial charge in [-0.3, -0.25) is 0 Å². The third kappa shape index (κ3) is 4.11. The molecule has 0 N–H and O–H groups in total. The molecule has 4 aromatic rings. The van der Waals surface area contributed by atoms with Crippen LogP contribution in [0.1, 0.15) is 66.8 Å². The van der Waals surface area contributed by atoms with Gasteiger partial charge in [0.25, 0.3) is 0 Å². The Morgan fingerprint density at radius 2 is 0.581 bits per heavy atom. The van der Waals surface area contributed by atoms with Crippen LogP contribution in [0.15, 0.2) is 12.1 Å². The Labute approximate surface area is 215 Å². The summed E-state index contributed by atoms with van der Waals surface area (Å²) in [6, 6.07) is 4.67. The van der Waals surface area contributed by atoms with Crippen molar-refractivity contribution in [2.75, 3.05) is 0 Å². The van der Waals surface area contributed by atoms with Crippen LogP contribution in [0.3, 0.4) is 0 Å². The van der Waals surface area contributed by atoms with Gasteiger partial charge >= 0.3 is 0 Å². The van der Waals surface area contributed by atoms with E-state index in [1.54, 1.807) is 0 Å². The first-order valence-electron chi connectivity index (χ1n) is 11.2. The summed E-state index contributed by atoms with van der Waals surface area (Å²) in [5.41, 5.74) is 17.4. The van der Waals surface area contributed by atoms with Crippen molar-refractivity contribution < 1.29 is 32.7 Å². The molecule has 1 heteroatoms. The fraction of sp³-hybridized carbons (Fsp3) is 0.400. The Balaban J connectivity index is 0.000000213. The quantitative estimate of drug-likeness (QED) is 0.217. The minimum absolute atomic E-state index is 0. The van der Waals surface area contributed by atoms with E-state index < -0.39 is 0 Å². The maximum atomic E-state index is 2.33. The summed E-state index contributed by atoms with van der Waals surface area (Å²) in [6.45, 7) is 26.8. The van der Waals surface area contributed by atoms with E-state index in [9.17, 15) is 0 Å². The summed E-state index contributed by atoms with van der Waals surface area (Å²) < 4.78 is 0. The molecule has 0 aromatic heterocycles. The fourth-order valence-electron chi connectivity index (χ4n) is 5.05. The molecule has 0 heterocycles. The molecule has 4 aromatic carbocycles. The van der Waals surface area contributed by atoms with Gasteiger partial charge in [-0.2, -0.15) is 11.1 Å². The van der Waals surface area contributed by atoms with Gasteiger partial charge in [-0.05, 0) is 41.5 Å². The van der Waals surface area contributed by atoms with Gasteiger partial charge in [-0.15, -0.1) is 55.9 Å². The maximum absolute atomic E-state index is 2.33. The smallest absolute Gasteiger partial charge is 0 e. The summed E-state index contributed by atoms with van der Waals surface area (Å²) in [7, 11) is 0. The van der Waals surface area contributed by atoms with Gasteiger partial charge in [0.15, 0.2) is 0 Å². The summed E-state index contributed by atoms with van der Waals surface area (Å²) in [5.74, 6) is 0. The zero-order valence-corrected chi connectivity index (χ0v) is 24.6. The Kier molecular flexibility index (Phi) is 7.83. The summed E-state index contributed by atoms with van der Waals surface area (Å²) in [5, 5.41) is 5.86. The van der Waals surface area contributed by atoms with E-state index in [1.807, 2.05) is 0 Å². The van der Waals surface area contributed by atoms with Crippen molar-refractivity contribution in [1.29, 1.82) is 0 Å². The maximum Gasteiger partial charge on any atom is 0 e. The molecule has 0 spiro atoms. The molecule has 0 bridgehead atoms. The van der Waals surface area contributed by atoms with Crippen LogP contribution < -0.4 is 0 Å². The van der Waals surface area contributed by atoms with Gasteiger partial charge in [0.1, 0.15) is 0 Å². The van der Waals surface area contributed by atoms with Gasteiger partial charge in [0.05, 0.1) is 0 Å². The molecule has 0 atom stereocenters. The van der Waals surface area contributed by atoms with E-state index in [-0.39, 0.29) is 32.7 Å². The van der Waals surface area contributed by atoms with Crippen molar-refractivity contribution in [3.63, 3.8) is 0 Å². The summed E-state index contributed by atoms with van der Waals surface area (Å²) >= 11 is 0. The second kappa shape index (κ2) is 9.32. The molecule has 163 valence electrons. The monoisotopic (exact) mass is 487 g/mol. The molecule has 4 rings (SSSR count). The molecule has 0 fully saturated rings. The normalized spacial score (nSPS) is 11.0. The molecule has 0 aliphatic carbocycles. The van der Waals surface area contributed by atoms with Gasteiger partial charge in [-0.1, -0.05) is 74.9 Å². The zero-order valence-electron chi connectivity index (χ0n) is 21.7. The topological polar surface area (TPSA) is 0 Å². The minimum atomic E-state index is 0. The standard InChI is InChI=1S/2C15H19.Y/c2*1-8-7-14-12(5)10(3)11(4)13(6)15(14)9(8)2;/h2*7H,1-6H3;/q2*-1;. The van der Waals surface area contributed by atoms with Crippen LogP contribution in [0.4, 0.5) is 0 Å². The first-order chi connectivity index (χ1) is 13.9. The van der Waals surface area contributed by atoms with Crippen LogP contribution in [-0.4, -0.2) is 0 Å². The van der Waals surface area contributed by atoms with E-state index in [1.165, 1.54) is 88.3 Å². The fourth-order valence-corrected chi connectivity index (χ4v) is 5.05. The average molecular weight is 488 g/mol. The second-order valence-electron chi connectivity index (χ2n) is 9.48. The van der Waals surface area contributed by atoms with Crippen molar-refractivity contribution in [2.24, 2.45) is 0 Å². The Morgan fingerprint density at radius 1 is 0.323 bits per heavy atom. The number of aryl methyl sites for hydroxylation is 8. The van der Waals surface area contributed by atoms with E-state index in [0.29, 0.717) is 0 Å². The van der Waals surface area contributed by atoms with E-state index in [2.05, 4.69) is 95.2 Å². The van der Waals surface area contributed by atoms with Gasteiger partial charge in [0.2, 0.25) is 0 Å². The summed E-state index contributed by atoms with van der Waals surface area (Å²) in [6.07, 6.45) is 0. The molecule has 0 unspecified atom stereocenters. The molecule has 0 aliphatic rings. The minimum Gasteiger partial charge on any atom is -0.153 e. The van der Waals surface area contributed by atoms with Crippen molar-refractivity contribution in [2.45, 2.75) is 83.1 Å². The molecular weight excluding hydrogens is 449 g/mol. The van der Waals surface area contributed by atoms with Crippen LogP contribution in [0.25, 0.3) is 21.5 Å². The number of hydrogen-bond donors (Lipinski definition) is 0. The number of benzene rings is 2. The number of fused-ring (bicyclic) bond motifs is 2.